The second-order valence-electron chi connectivity index (χ2n) is 13.7. The lowest BCUT2D eigenvalue weighted by Gasteiger charge is -2.42. The van der Waals surface area contributed by atoms with E-state index in [1.165, 1.54) is 25.6 Å². The largest absolute Gasteiger partial charge is 0.477 e. The van der Waals surface area contributed by atoms with Gasteiger partial charge in [0.15, 0.2) is 0 Å². The van der Waals surface area contributed by atoms with Crippen molar-refractivity contribution in [1.29, 1.82) is 0 Å². The normalized spacial score (nSPS) is 31.4. The van der Waals surface area contributed by atoms with Crippen molar-refractivity contribution in [3.8, 4) is 0 Å². The van der Waals surface area contributed by atoms with Crippen LogP contribution in [0.5, 0.6) is 0 Å². The lowest BCUT2D eigenvalue weighted by Crippen LogP contribution is -2.48. The molecule has 0 saturated heterocycles. The van der Waals surface area contributed by atoms with Gasteiger partial charge in [0.25, 0.3) is 0 Å². The summed E-state index contributed by atoms with van der Waals surface area (Å²) in [6.45, 7) is 9.97. The molecule has 1 amide bonds. The lowest BCUT2D eigenvalue weighted by molar-refractivity contribution is -0.138. The van der Waals surface area contributed by atoms with E-state index < -0.39 is 5.97 Å². The Morgan fingerprint density at radius 2 is 1.62 bits per heavy atom. The number of amides is 1. The molecule has 0 radical (unpaired) electrons. The summed E-state index contributed by atoms with van der Waals surface area (Å²) in [5, 5.41) is 17.2. The summed E-state index contributed by atoms with van der Waals surface area (Å²) in [4.78, 5) is 29.5. The quantitative estimate of drug-likeness (QED) is 0.166. The van der Waals surface area contributed by atoms with Crippen molar-refractivity contribution in [2.75, 3.05) is 6.54 Å². The van der Waals surface area contributed by atoms with Gasteiger partial charge >= 0.3 is 5.97 Å². The summed E-state index contributed by atoms with van der Waals surface area (Å²) in [5.41, 5.74) is 6.85. The molecule has 226 valence electrons. The van der Waals surface area contributed by atoms with Gasteiger partial charge in [-0.1, -0.05) is 34.1 Å². The van der Waals surface area contributed by atoms with Gasteiger partial charge in [0.1, 0.15) is 11.2 Å². The minimum Gasteiger partial charge on any atom is -0.477 e. The summed E-state index contributed by atoms with van der Waals surface area (Å²) in [5.74, 6) is 0.598. The van der Waals surface area contributed by atoms with Gasteiger partial charge in [0.2, 0.25) is 5.91 Å². The summed E-state index contributed by atoms with van der Waals surface area (Å²) in [6, 6.07) is 0.379. The fourth-order valence-corrected chi connectivity index (χ4v) is 9.22. The molecule has 0 aromatic heterocycles. The molecule has 1 aliphatic heterocycles. The van der Waals surface area contributed by atoms with Gasteiger partial charge in [0.05, 0.1) is 0 Å². The van der Waals surface area contributed by atoms with Crippen molar-refractivity contribution in [2.45, 2.75) is 141 Å². The van der Waals surface area contributed by atoms with E-state index >= 15 is 0 Å². The SMILES string of the molecule is CCCN(/N=C\N)C1CCC(N(C(=O)C2CCC(CC)CC2)C2=C(C(=O)O)SC(C3CCC(C)(C)CC3)C2)CC1. The summed E-state index contributed by atoms with van der Waals surface area (Å²) < 4.78 is 0. The van der Waals surface area contributed by atoms with Crippen LogP contribution in [-0.4, -0.2) is 57.1 Å². The molecule has 1 unspecified atom stereocenters. The highest BCUT2D eigenvalue weighted by atomic mass is 32.2. The third kappa shape index (κ3) is 7.38. The van der Waals surface area contributed by atoms with Crippen LogP contribution in [0.25, 0.3) is 0 Å². The van der Waals surface area contributed by atoms with Crippen LogP contribution in [0, 0.1) is 23.2 Å². The molecule has 1 heterocycles. The lowest BCUT2D eigenvalue weighted by atomic mass is 9.72. The van der Waals surface area contributed by atoms with E-state index in [4.69, 9.17) is 5.73 Å². The Morgan fingerprint density at radius 1 is 1.00 bits per heavy atom. The molecule has 40 heavy (non-hydrogen) atoms. The monoisotopic (exact) mass is 574 g/mol. The number of thioether (sulfide) groups is 1. The van der Waals surface area contributed by atoms with Crippen molar-refractivity contribution in [3.05, 3.63) is 10.6 Å². The van der Waals surface area contributed by atoms with Gasteiger partial charge in [-0.25, -0.2) is 4.79 Å². The predicted octanol–water partition coefficient (Wildman–Crippen LogP) is 6.97. The number of nitrogens with two attached hydrogens (primary N) is 1. The molecule has 4 aliphatic rings. The van der Waals surface area contributed by atoms with Crippen LogP contribution in [0.2, 0.25) is 0 Å². The molecular weight excluding hydrogens is 520 g/mol. The van der Waals surface area contributed by atoms with Crippen molar-refractivity contribution in [1.82, 2.24) is 9.91 Å². The maximum Gasteiger partial charge on any atom is 0.343 e. The van der Waals surface area contributed by atoms with Gasteiger partial charge in [-0.2, -0.15) is 5.10 Å². The Hall–Kier alpha value is -1.70. The first-order valence-corrected chi connectivity index (χ1v) is 17.0. The first-order valence-electron chi connectivity index (χ1n) is 16.1. The zero-order valence-electron chi connectivity index (χ0n) is 25.4. The fourth-order valence-electron chi connectivity index (χ4n) is 7.79. The predicted molar refractivity (Wildman–Crippen MR) is 165 cm³/mol. The number of carbonyl (C=O) groups is 2. The number of hydrazone groups is 1. The van der Waals surface area contributed by atoms with Crippen LogP contribution in [0.1, 0.15) is 124 Å². The number of carboxylic acid groups (broad SMARTS) is 1. The minimum atomic E-state index is -0.855. The third-order valence-corrected chi connectivity index (χ3v) is 12.0. The van der Waals surface area contributed by atoms with Gasteiger partial charge in [0, 0.05) is 41.9 Å². The van der Waals surface area contributed by atoms with Crippen LogP contribution in [0.15, 0.2) is 15.7 Å². The van der Waals surface area contributed by atoms with Crippen molar-refractivity contribution >= 4 is 30.0 Å². The first kappa shape index (κ1) is 31.2. The van der Waals surface area contributed by atoms with Crippen LogP contribution >= 0.6 is 11.8 Å². The van der Waals surface area contributed by atoms with Crippen molar-refractivity contribution in [3.63, 3.8) is 0 Å². The third-order valence-electron chi connectivity index (χ3n) is 10.5. The van der Waals surface area contributed by atoms with E-state index in [0.29, 0.717) is 28.7 Å². The average molecular weight is 575 g/mol. The average Bonchev–Trinajstić information content (AvgIpc) is 3.38. The van der Waals surface area contributed by atoms with E-state index in [0.717, 1.165) is 88.8 Å². The fraction of sp³-hybridized carbons (Fsp3) is 0.844. The molecule has 3 fully saturated rings. The Morgan fingerprint density at radius 3 is 2.17 bits per heavy atom. The zero-order chi connectivity index (χ0) is 28.9. The molecule has 3 aliphatic carbocycles. The topological polar surface area (TPSA) is 99.2 Å². The van der Waals surface area contributed by atoms with E-state index in [9.17, 15) is 14.7 Å². The van der Waals surface area contributed by atoms with Crippen LogP contribution in [0.4, 0.5) is 0 Å². The van der Waals surface area contributed by atoms with E-state index in [-0.39, 0.29) is 23.1 Å². The number of aliphatic carboxylic acids is 1. The molecule has 0 spiro atoms. The molecule has 0 aromatic carbocycles. The molecule has 8 heteroatoms. The first-order chi connectivity index (χ1) is 19.2. The Labute approximate surface area is 246 Å². The number of hydrogen-bond donors (Lipinski definition) is 2. The number of carboxylic acids is 1. The highest BCUT2D eigenvalue weighted by Crippen LogP contribution is 2.50. The highest BCUT2D eigenvalue weighted by molar-refractivity contribution is 8.04. The smallest absolute Gasteiger partial charge is 0.343 e. The summed E-state index contributed by atoms with van der Waals surface area (Å²) >= 11 is 1.56. The van der Waals surface area contributed by atoms with Gasteiger partial charge in [-0.15, -0.1) is 11.8 Å². The maximum absolute atomic E-state index is 14.4. The summed E-state index contributed by atoms with van der Waals surface area (Å²) in [6.07, 6.45) is 16.7. The van der Waals surface area contributed by atoms with Crippen LogP contribution in [-0.2, 0) is 9.59 Å². The second-order valence-corrected chi connectivity index (χ2v) is 14.9. The number of hydrogen-bond acceptors (Lipinski definition) is 5. The standard InChI is InChI=1S/C32H54N4O3S/c1-5-19-35(34-21-33)25-11-13-26(14-12-25)36(30(37)24-9-7-22(6-2)8-10-24)27-20-28(40-29(27)31(38)39)23-15-17-32(3,4)18-16-23/h21-26,28H,5-20H2,1-4H3,(H2,33,34)(H,38,39). The molecule has 4 rings (SSSR count). The highest BCUT2D eigenvalue weighted by Gasteiger charge is 2.44. The van der Waals surface area contributed by atoms with Crippen LogP contribution in [0.3, 0.4) is 0 Å². The van der Waals surface area contributed by atoms with E-state index in [1.807, 2.05) is 4.90 Å². The van der Waals surface area contributed by atoms with Gasteiger partial charge < -0.3 is 15.7 Å². The Bertz CT molecular complexity index is 924. The zero-order valence-corrected chi connectivity index (χ0v) is 26.3. The second kappa shape index (κ2) is 14.0. The molecule has 3 saturated carbocycles. The number of allylic oxidation sites excluding steroid dienone is 1. The molecular formula is C32H54N4O3S. The van der Waals surface area contributed by atoms with Crippen molar-refractivity contribution in [2.24, 2.45) is 34.0 Å². The molecule has 0 aromatic rings. The van der Waals surface area contributed by atoms with Gasteiger partial charge in [-0.3, -0.25) is 9.80 Å². The van der Waals surface area contributed by atoms with Crippen molar-refractivity contribution < 1.29 is 14.7 Å². The number of carbonyl (C=O) groups excluding carboxylic acids is 1. The summed E-state index contributed by atoms with van der Waals surface area (Å²) in [7, 11) is 0. The Balaban J connectivity index is 1.56. The molecule has 7 nitrogen and oxygen atoms in total. The van der Waals surface area contributed by atoms with Gasteiger partial charge in [-0.05, 0) is 101 Å². The number of nitrogens with zero attached hydrogens (tertiary/aromatic N) is 3. The van der Waals surface area contributed by atoms with Crippen LogP contribution < -0.4 is 5.73 Å². The van der Waals surface area contributed by atoms with E-state index in [2.05, 4.69) is 37.8 Å². The molecule has 0 bridgehead atoms. The minimum absolute atomic E-state index is 0.0148. The van der Waals surface area contributed by atoms with E-state index in [1.54, 1.807) is 11.8 Å². The number of rotatable bonds is 10. The maximum atomic E-state index is 14.4. The molecule has 3 N–H and O–H groups in total. The Kier molecular flexibility index (Phi) is 10.9. The molecule has 1 atom stereocenters.